The highest BCUT2D eigenvalue weighted by molar-refractivity contribution is 5.76. The van der Waals surface area contributed by atoms with E-state index in [2.05, 4.69) is 67.8 Å². The number of amides is 1. The van der Waals surface area contributed by atoms with Crippen molar-refractivity contribution in [2.75, 3.05) is 26.4 Å². The van der Waals surface area contributed by atoms with Gasteiger partial charge in [-0.05, 0) is 77.0 Å². The van der Waals surface area contributed by atoms with E-state index in [1.807, 2.05) is 6.08 Å². The second-order valence-electron chi connectivity index (χ2n) is 25.7. The summed E-state index contributed by atoms with van der Waals surface area (Å²) in [4.78, 5) is 13.4. The Hall–Kier alpha value is -2.51. The van der Waals surface area contributed by atoms with Gasteiger partial charge in [0.15, 0.2) is 18.9 Å². The first-order valence-electron chi connectivity index (χ1n) is 36.0. The molecule has 12 N–H and O–H groups in total. The first-order valence-corrected chi connectivity index (χ1v) is 36.0. The molecule has 0 saturated carbocycles. The standard InChI is InChI=1S/C72H129NO18/c1-3-5-7-9-11-13-15-17-19-21-23-24-25-26-27-28-29-30-32-34-36-38-40-42-44-46-48-50-60(78)73-55(56(77)49-47-45-43-41-39-37-35-33-31-22-20-18-16-14-12-10-8-6-4-2)54-86-70-66(84)63(81)68(58(52-75)88-70)91-72-67(85)64(82)69(59(53-76)89-72)90-71-65(83)62(80)61(79)57(51-74)87-71/h15,17,21,23,31,33,39,41,47,49,55-59,61-72,74-77,79-85H,3-14,16,18-20,22,24-30,32,34-38,40,42-46,48,50-54H2,1-2H3,(H,73,78)/b17-15-,23-21-,33-31+,41-39+,49-47+. The van der Waals surface area contributed by atoms with Crippen LogP contribution in [0.15, 0.2) is 60.8 Å². The lowest BCUT2D eigenvalue weighted by Crippen LogP contribution is -2.66. The number of rotatable bonds is 55. The fourth-order valence-electron chi connectivity index (χ4n) is 11.9. The molecule has 1 amide bonds. The number of hydrogen-bond acceptors (Lipinski definition) is 18. The predicted molar refractivity (Wildman–Crippen MR) is 355 cm³/mol. The predicted octanol–water partition coefficient (Wildman–Crippen LogP) is 9.94. The lowest BCUT2D eigenvalue weighted by molar-refractivity contribution is -0.379. The van der Waals surface area contributed by atoms with Gasteiger partial charge in [0.25, 0.3) is 0 Å². The van der Waals surface area contributed by atoms with Crippen molar-refractivity contribution in [2.24, 2.45) is 0 Å². The van der Waals surface area contributed by atoms with Crippen LogP contribution in [0.5, 0.6) is 0 Å². The Balaban J connectivity index is 1.43. The van der Waals surface area contributed by atoms with Crippen LogP contribution in [0.2, 0.25) is 0 Å². The highest BCUT2D eigenvalue weighted by Gasteiger charge is 2.53. The van der Waals surface area contributed by atoms with E-state index in [-0.39, 0.29) is 18.9 Å². The quantitative estimate of drug-likeness (QED) is 0.0199. The fourth-order valence-corrected chi connectivity index (χ4v) is 11.9. The lowest BCUT2D eigenvalue weighted by Gasteiger charge is -2.48. The number of carbonyl (C=O) groups excluding carboxylic acids is 1. The van der Waals surface area contributed by atoms with E-state index in [4.69, 9.17) is 28.4 Å². The Morgan fingerprint density at radius 3 is 1.16 bits per heavy atom. The number of aliphatic hydroxyl groups excluding tert-OH is 11. The fraction of sp³-hybridized carbons (Fsp3) is 0.847. The maximum absolute atomic E-state index is 13.4. The van der Waals surface area contributed by atoms with Crippen LogP contribution in [-0.4, -0.2) is 193 Å². The molecule has 17 unspecified atom stereocenters. The largest absolute Gasteiger partial charge is 0.394 e. The van der Waals surface area contributed by atoms with Crippen molar-refractivity contribution < 1.29 is 89.4 Å². The van der Waals surface area contributed by atoms with Crippen LogP contribution in [-0.2, 0) is 33.2 Å². The monoisotopic (exact) mass is 1300 g/mol. The van der Waals surface area contributed by atoms with E-state index in [0.29, 0.717) is 12.8 Å². The molecule has 19 heteroatoms. The summed E-state index contributed by atoms with van der Waals surface area (Å²) in [5.74, 6) is -0.289. The van der Waals surface area contributed by atoms with Crippen LogP contribution in [0.3, 0.4) is 0 Å². The minimum absolute atomic E-state index is 0.231. The molecule has 0 aromatic heterocycles. The highest BCUT2D eigenvalue weighted by Crippen LogP contribution is 2.33. The molecule has 0 aromatic carbocycles. The molecule has 3 fully saturated rings. The van der Waals surface area contributed by atoms with Gasteiger partial charge in [0.05, 0.1) is 38.6 Å². The van der Waals surface area contributed by atoms with E-state index in [1.54, 1.807) is 6.08 Å². The molecule has 0 aromatic rings. The van der Waals surface area contributed by atoms with Gasteiger partial charge in [-0.2, -0.15) is 0 Å². The summed E-state index contributed by atoms with van der Waals surface area (Å²) in [6.07, 6.45) is 39.1. The second kappa shape index (κ2) is 53.6. The van der Waals surface area contributed by atoms with Crippen molar-refractivity contribution >= 4 is 5.91 Å². The zero-order valence-corrected chi connectivity index (χ0v) is 56.1. The van der Waals surface area contributed by atoms with Gasteiger partial charge in [0, 0.05) is 6.42 Å². The first-order chi connectivity index (χ1) is 44.3. The van der Waals surface area contributed by atoms with E-state index in [9.17, 15) is 61.0 Å². The van der Waals surface area contributed by atoms with Gasteiger partial charge in [-0.25, -0.2) is 0 Å². The van der Waals surface area contributed by atoms with Crippen molar-refractivity contribution in [3.63, 3.8) is 0 Å². The van der Waals surface area contributed by atoms with E-state index in [0.717, 1.165) is 51.4 Å². The molecular formula is C72H129NO18. The lowest BCUT2D eigenvalue weighted by atomic mass is 9.96. The molecule has 3 heterocycles. The molecule has 0 aliphatic carbocycles. The number of nitrogens with one attached hydrogen (secondary N) is 1. The average Bonchev–Trinajstić information content (AvgIpc) is 0.885. The van der Waals surface area contributed by atoms with Crippen LogP contribution in [0, 0.1) is 0 Å². The number of ether oxygens (including phenoxy) is 6. The van der Waals surface area contributed by atoms with Gasteiger partial charge in [-0.1, -0.05) is 235 Å². The second-order valence-corrected chi connectivity index (χ2v) is 25.7. The van der Waals surface area contributed by atoms with Crippen LogP contribution in [0.1, 0.15) is 258 Å². The topological polar surface area (TPSA) is 307 Å². The molecular weight excluding hydrogens is 1170 g/mol. The molecule has 17 atom stereocenters. The van der Waals surface area contributed by atoms with Gasteiger partial charge in [-0.15, -0.1) is 0 Å². The molecule has 3 aliphatic rings. The highest BCUT2D eigenvalue weighted by atomic mass is 16.8. The first kappa shape index (κ1) is 82.7. The van der Waals surface area contributed by atoms with Gasteiger partial charge in [0.1, 0.15) is 73.2 Å². The molecule has 3 saturated heterocycles. The minimum atomic E-state index is -1.98. The summed E-state index contributed by atoms with van der Waals surface area (Å²) in [5, 5.41) is 121. The maximum Gasteiger partial charge on any atom is 0.220 e. The molecule has 0 bridgehead atoms. The van der Waals surface area contributed by atoms with Crippen LogP contribution in [0.25, 0.3) is 0 Å². The Labute approximate surface area is 547 Å². The van der Waals surface area contributed by atoms with E-state index >= 15 is 0 Å². The SMILES string of the molecule is CCCCCCC/C=C\C/C=C\CCCCCCCCCCCCCCCCCC(=O)NC(COC1OC(CO)C(OC2OC(CO)C(OC3OC(CO)C(O)C(O)C3O)C(O)C2O)C(O)C1O)C(O)/C=C/CC/C=C/CC/C=C/CCCCCCCCCCC. The molecule has 3 aliphatic heterocycles. The Morgan fingerprint density at radius 2 is 0.736 bits per heavy atom. The zero-order valence-electron chi connectivity index (χ0n) is 56.1. The van der Waals surface area contributed by atoms with Crippen molar-refractivity contribution in [1.29, 1.82) is 0 Å². The van der Waals surface area contributed by atoms with Gasteiger partial charge in [-0.3, -0.25) is 4.79 Å². The normalized spacial score (nSPS) is 28.2. The summed E-state index contributed by atoms with van der Waals surface area (Å²) < 4.78 is 34.3. The Morgan fingerprint density at radius 1 is 0.396 bits per heavy atom. The summed E-state index contributed by atoms with van der Waals surface area (Å²) in [6.45, 7) is 1.71. The third kappa shape index (κ3) is 35.4. The Bertz CT molecular complexity index is 1890. The van der Waals surface area contributed by atoms with Crippen LogP contribution in [0.4, 0.5) is 0 Å². The van der Waals surface area contributed by atoms with E-state index in [1.165, 1.54) is 173 Å². The number of aliphatic hydroxyl groups is 11. The van der Waals surface area contributed by atoms with Crippen molar-refractivity contribution in [3.05, 3.63) is 60.8 Å². The number of hydrogen-bond donors (Lipinski definition) is 12. The summed E-state index contributed by atoms with van der Waals surface area (Å²) in [7, 11) is 0. The molecule has 91 heavy (non-hydrogen) atoms. The average molecular weight is 1300 g/mol. The maximum atomic E-state index is 13.4. The van der Waals surface area contributed by atoms with Gasteiger partial charge < -0.3 is 89.9 Å². The van der Waals surface area contributed by atoms with Crippen molar-refractivity contribution in [3.8, 4) is 0 Å². The molecule has 530 valence electrons. The van der Waals surface area contributed by atoms with Gasteiger partial charge in [0.2, 0.25) is 5.91 Å². The zero-order chi connectivity index (χ0) is 66.1. The molecule has 0 radical (unpaired) electrons. The van der Waals surface area contributed by atoms with Crippen LogP contribution >= 0.6 is 0 Å². The van der Waals surface area contributed by atoms with Crippen molar-refractivity contribution in [1.82, 2.24) is 5.32 Å². The molecule has 3 rings (SSSR count). The minimum Gasteiger partial charge on any atom is -0.394 e. The number of unbranched alkanes of at least 4 members (excludes halogenated alkanes) is 31. The Kier molecular flexibility index (Phi) is 48.7. The smallest absolute Gasteiger partial charge is 0.220 e. The third-order valence-electron chi connectivity index (χ3n) is 17.8. The van der Waals surface area contributed by atoms with Crippen LogP contribution < -0.4 is 5.32 Å². The number of allylic oxidation sites excluding steroid dienone is 9. The molecule has 0 spiro atoms. The third-order valence-corrected chi connectivity index (χ3v) is 17.8. The summed E-state index contributed by atoms with van der Waals surface area (Å²) >= 11 is 0. The molecule has 19 nitrogen and oxygen atoms in total. The van der Waals surface area contributed by atoms with Gasteiger partial charge >= 0.3 is 0 Å². The van der Waals surface area contributed by atoms with E-state index < -0.39 is 124 Å². The number of carbonyl (C=O) groups is 1. The summed E-state index contributed by atoms with van der Waals surface area (Å²) in [5.41, 5.74) is 0. The summed E-state index contributed by atoms with van der Waals surface area (Å²) in [6, 6.07) is -0.998. The van der Waals surface area contributed by atoms with Crippen molar-refractivity contribution in [2.45, 2.75) is 362 Å².